The van der Waals surface area contributed by atoms with E-state index in [9.17, 15) is 14.7 Å². The molecule has 0 unspecified atom stereocenters. The summed E-state index contributed by atoms with van der Waals surface area (Å²) in [7, 11) is -2.87. The van der Waals surface area contributed by atoms with Crippen LogP contribution in [0.4, 0.5) is 0 Å². The third-order valence-electron chi connectivity index (χ3n) is 11.1. The van der Waals surface area contributed by atoms with Gasteiger partial charge in [0.1, 0.15) is 5.75 Å². The van der Waals surface area contributed by atoms with E-state index in [1.54, 1.807) is 12.1 Å². The van der Waals surface area contributed by atoms with E-state index in [4.69, 9.17) is 20.8 Å². The molecule has 270 valence electrons. The van der Waals surface area contributed by atoms with Gasteiger partial charge in [-0.25, -0.2) is 0 Å². The Labute approximate surface area is 309 Å². The normalized spacial score (nSPS) is 22.5. The van der Waals surface area contributed by atoms with Gasteiger partial charge in [-0.3, -0.25) is 14.5 Å². The molecular weight excluding hydrogens is 674 g/mol. The predicted molar refractivity (Wildman–Crippen MR) is 208 cm³/mol. The largest absolute Gasteiger partial charge is 0.508 e. The molecule has 3 aliphatic rings. The number of phenolic OH excluding ortho intramolecular Hbond substituents is 1. The van der Waals surface area contributed by atoms with Crippen molar-refractivity contribution in [1.82, 2.24) is 4.90 Å². The Morgan fingerprint density at radius 3 is 2.20 bits per heavy atom. The fourth-order valence-electron chi connectivity index (χ4n) is 8.83. The van der Waals surface area contributed by atoms with Crippen molar-refractivity contribution in [2.45, 2.75) is 84.3 Å². The van der Waals surface area contributed by atoms with Gasteiger partial charge in [0.25, 0.3) is 8.32 Å². The molecule has 51 heavy (non-hydrogen) atoms. The first-order valence-corrected chi connectivity index (χ1v) is 20.9. The fourth-order valence-corrected chi connectivity index (χ4v) is 13.6. The first kappa shape index (κ1) is 37.3. The van der Waals surface area contributed by atoms with Crippen molar-refractivity contribution in [2.75, 3.05) is 19.8 Å². The predicted octanol–water partition coefficient (Wildman–Crippen LogP) is 8.31. The molecule has 6 rings (SSSR count). The third kappa shape index (κ3) is 7.28. The molecule has 1 aliphatic carbocycles. The molecule has 8 heteroatoms. The van der Waals surface area contributed by atoms with E-state index in [-0.39, 0.29) is 46.5 Å². The second-order valence-electron chi connectivity index (χ2n) is 15.4. The zero-order valence-electron chi connectivity index (χ0n) is 30.7. The Morgan fingerprint density at radius 2 is 1.61 bits per heavy atom. The Bertz CT molecular complexity index is 1740. The zero-order chi connectivity index (χ0) is 36.3. The van der Waals surface area contributed by atoms with Crippen LogP contribution in [-0.4, -0.2) is 56.0 Å². The van der Waals surface area contributed by atoms with Gasteiger partial charge in [0.15, 0.2) is 0 Å². The second-order valence-corrected chi connectivity index (χ2v) is 20.1. The number of nitrogens with zero attached hydrogens (tertiary/aromatic N) is 1. The fraction of sp³-hybridized carbons (Fsp3) is 0.442. The third-order valence-corrected chi connectivity index (χ3v) is 16.4. The Morgan fingerprint density at radius 1 is 0.941 bits per heavy atom. The minimum absolute atomic E-state index is 0.0425. The number of hydrogen-bond donors (Lipinski definition) is 1. The molecule has 2 fully saturated rings. The lowest BCUT2D eigenvalue weighted by atomic mass is 9.69. The minimum atomic E-state index is -2.87. The molecule has 2 saturated heterocycles. The number of halogens is 1. The lowest BCUT2D eigenvalue weighted by molar-refractivity contribution is -0.140. The molecule has 1 N–H and O–H groups in total. The lowest BCUT2D eigenvalue weighted by Gasteiger charge is -2.44. The number of amides is 2. The summed E-state index contributed by atoms with van der Waals surface area (Å²) in [5, 5.41) is 12.6. The van der Waals surface area contributed by atoms with Crippen LogP contribution in [0.5, 0.6) is 5.75 Å². The first-order valence-electron chi connectivity index (χ1n) is 18.6. The molecule has 6 nitrogen and oxygen atoms in total. The van der Waals surface area contributed by atoms with E-state index >= 15 is 0 Å². The summed E-state index contributed by atoms with van der Waals surface area (Å²) >= 11 is 6.50. The van der Waals surface area contributed by atoms with Crippen molar-refractivity contribution in [3.8, 4) is 5.75 Å². The van der Waals surface area contributed by atoms with Crippen molar-refractivity contribution in [1.29, 1.82) is 0 Å². The van der Waals surface area contributed by atoms with E-state index in [1.165, 1.54) is 26.4 Å². The topological polar surface area (TPSA) is 76.1 Å². The Kier molecular flexibility index (Phi) is 11.4. The van der Waals surface area contributed by atoms with E-state index in [0.29, 0.717) is 31.2 Å². The molecule has 3 aromatic carbocycles. The molecular formula is C43H52ClNO5Si. The highest BCUT2D eigenvalue weighted by Gasteiger charge is 2.57. The number of hydrogen-bond acceptors (Lipinski definition) is 5. The number of fused-ring (bicyclic) bond motifs is 3. The maximum atomic E-state index is 13.9. The van der Waals surface area contributed by atoms with Crippen LogP contribution in [0.15, 0.2) is 95.6 Å². The highest BCUT2D eigenvalue weighted by atomic mass is 35.5. The van der Waals surface area contributed by atoms with Crippen molar-refractivity contribution in [3.63, 3.8) is 0 Å². The molecule has 2 heterocycles. The molecule has 4 atom stereocenters. The van der Waals surface area contributed by atoms with E-state index in [1.807, 2.05) is 13.0 Å². The number of phenols is 1. The van der Waals surface area contributed by atoms with Crippen LogP contribution >= 0.6 is 11.6 Å². The van der Waals surface area contributed by atoms with Crippen LogP contribution < -0.4 is 10.4 Å². The quantitative estimate of drug-likeness (QED) is 0.109. The van der Waals surface area contributed by atoms with E-state index in [0.717, 1.165) is 43.2 Å². The molecule has 0 aromatic heterocycles. The Hall–Kier alpha value is -3.49. The summed E-state index contributed by atoms with van der Waals surface area (Å²) in [6, 6.07) is 26.4. The number of rotatable bonds is 13. The highest BCUT2D eigenvalue weighted by Crippen LogP contribution is 2.50. The molecule has 0 spiro atoms. The van der Waals surface area contributed by atoms with Crippen LogP contribution in [0.2, 0.25) is 10.1 Å². The highest BCUT2D eigenvalue weighted by molar-refractivity contribution is 6.99. The molecule has 0 saturated carbocycles. The van der Waals surface area contributed by atoms with E-state index in [2.05, 4.69) is 94.4 Å². The number of benzene rings is 3. The van der Waals surface area contributed by atoms with Gasteiger partial charge >= 0.3 is 0 Å². The van der Waals surface area contributed by atoms with Crippen LogP contribution in [0.25, 0.3) is 6.08 Å². The average Bonchev–Trinajstić information content (AvgIpc) is 3.64. The van der Waals surface area contributed by atoms with Gasteiger partial charge in [-0.15, -0.1) is 0 Å². The summed E-state index contributed by atoms with van der Waals surface area (Å²) in [5.41, 5.74) is 4.44. The molecule has 3 aromatic rings. The van der Waals surface area contributed by atoms with Crippen molar-refractivity contribution in [3.05, 3.63) is 106 Å². The second kappa shape index (κ2) is 15.6. The van der Waals surface area contributed by atoms with Crippen LogP contribution in [0.1, 0.15) is 78.7 Å². The minimum Gasteiger partial charge on any atom is -0.508 e. The van der Waals surface area contributed by atoms with E-state index < -0.39 is 8.32 Å². The maximum absolute atomic E-state index is 13.9. The summed E-state index contributed by atoms with van der Waals surface area (Å²) in [5.74, 6) is -0.857. The monoisotopic (exact) mass is 725 g/mol. The number of imide groups is 1. The zero-order valence-corrected chi connectivity index (χ0v) is 32.4. The number of carbonyl (C=O) groups excluding carboxylic acids is 2. The molecule has 0 bridgehead atoms. The van der Waals surface area contributed by atoms with Gasteiger partial charge in [0.05, 0.1) is 36.2 Å². The number of carbonyl (C=O) groups is 2. The van der Waals surface area contributed by atoms with Gasteiger partial charge < -0.3 is 14.3 Å². The smallest absolute Gasteiger partial charge is 0.261 e. The summed E-state index contributed by atoms with van der Waals surface area (Å²) in [6.45, 7) is 12.3. The summed E-state index contributed by atoms with van der Waals surface area (Å²) in [6.07, 6.45) is 6.68. The van der Waals surface area contributed by atoms with Crippen LogP contribution in [0, 0.1) is 17.8 Å². The number of allylic oxidation sites excluding steroid dienone is 1. The number of ether oxygens (including phenoxy) is 1. The lowest BCUT2D eigenvalue weighted by Crippen LogP contribution is -2.66. The van der Waals surface area contributed by atoms with Crippen LogP contribution in [-0.2, 0) is 18.8 Å². The average molecular weight is 726 g/mol. The van der Waals surface area contributed by atoms with Gasteiger partial charge in [0, 0.05) is 12.5 Å². The van der Waals surface area contributed by atoms with Crippen molar-refractivity contribution in [2.24, 2.45) is 17.8 Å². The Balaban J connectivity index is 1.39. The molecule has 2 aliphatic heterocycles. The van der Waals surface area contributed by atoms with Gasteiger partial charge in [-0.05, 0) is 82.4 Å². The maximum Gasteiger partial charge on any atom is 0.261 e. The molecule has 0 radical (unpaired) electrons. The number of likely N-dealkylation sites (tertiary alicyclic amines) is 1. The van der Waals surface area contributed by atoms with Crippen LogP contribution in [0.3, 0.4) is 0 Å². The summed E-state index contributed by atoms with van der Waals surface area (Å²) < 4.78 is 14.1. The molecule has 2 amide bonds. The van der Waals surface area contributed by atoms with Crippen molar-refractivity contribution < 1.29 is 23.9 Å². The van der Waals surface area contributed by atoms with Gasteiger partial charge in [-0.2, -0.15) is 0 Å². The first-order chi connectivity index (χ1) is 24.5. The van der Waals surface area contributed by atoms with Gasteiger partial charge in [0.2, 0.25) is 11.8 Å². The van der Waals surface area contributed by atoms with Gasteiger partial charge in [-0.1, -0.05) is 125 Å². The van der Waals surface area contributed by atoms with Crippen molar-refractivity contribution >= 4 is 48.2 Å². The standard InChI is InChI=1S/C43H52ClNO5Si/c1-6-14-29(24-30-20-21-32(46)26-37(30)44)19-22-38-39-31(25-35-40(36(39)28-49-38)42(48)45(23-7-2)41(35)47)27-50-51(43(3,4)5,33-15-10-8-11-16-33)34-17-12-9-13-18-34/h8-13,15-18,20-21,24,26,35-36,38,40,46H,6-7,14,19,22-23,25,27-28H2,1-5H3/b29-24+/t35-,36+,38-,40-/m1/s1. The summed E-state index contributed by atoms with van der Waals surface area (Å²) in [4.78, 5) is 29.2. The SMILES string of the molecule is CCC/C(=C\c1ccc(O)cc1Cl)CC[C@H]1OC[C@H]2C1=C(CO[Si](c1ccccc1)(c1ccccc1)C(C)(C)C)C[C@H]1C(=O)N(CCC)C(=O)[C@H]12. The number of aromatic hydroxyl groups is 1.